The Kier molecular flexibility index (Phi) is 6.36. The van der Waals surface area contributed by atoms with Gasteiger partial charge >= 0.3 is 5.97 Å². The van der Waals surface area contributed by atoms with Gasteiger partial charge in [0.2, 0.25) is 0 Å². The molecule has 1 aliphatic heterocycles. The summed E-state index contributed by atoms with van der Waals surface area (Å²) in [6, 6.07) is 8.12. The highest BCUT2D eigenvalue weighted by Crippen LogP contribution is 2.32. The Labute approximate surface area is 145 Å². The summed E-state index contributed by atoms with van der Waals surface area (Å²) < 4.78 is 5.13. The minimum absolute atomic E-state index is 0.0931. The van der Waals surface area contributed by atoms with Gasteiger partial charge in [0.25, 0.3) is 5.91 Å². The molecule has 0 spiro atoms. The highest BCUT2D eigenvalue weighted by molar-refractivity contribution is 8.26. The first-order valence-electron chi connectivity index (χ1n) is 7.46. The standard InChI is InChI=1S/C17H19NO3S2/c1-3-12-6-8-13(9-7-12)11-14-16(20)18(17(22)23-14)10-4-5-15(19)21-2/h6-9,11H,3-5,10H2,1-2H3/b14-11-. The average Bonchev–Trinajstić information content (AvgIpc) is 2.82. The number of amides is 1. The van der Waals surface area contributed by atoms with Gasteiger partial charge in [0.1, 0.15) is 4.32 Å². The Bertz CT molecular complexity index is 638. The molecule has 2 rings (SSSR count). The highest BCUT2D eigenvalue weighted by atomic mass is 32.2. The van der Waals surface area contributed by atoms with Gasteiger partial charge in [0, 0.05) is 13.0 Å². The summed E-state index contributed by atoms with van der Waals surface area (Å²) in [6.45, 7) is 2.54. The number of rotatable bonds is 6. The van der Waals surface area contributed by atoms with E-state index in [2.05, 4.69) is 23.8 Å². The highest BCUT2D eigenvalue weighted by Gasteiger charge is 2.31. The molecule has 1 amide bonds. The molecular formula is C17H19NO3S2. The van der Waals surface area contributed by atoms with E-state index >= 15 is 0 Å². The van der Waals surface area contributed by atoms with E-state index in [0.717, 1.165) is 12.0 Å². The summed E-state index contributed by atoms with van der Waals surface area (Å²) >= 11 is 6.57. The maximum atomic E-state index is 12.4. The summed E-state index contributed by atoms with van der Waals surface area (Å²) in [6.07, 6.45) is 3.67. The molecule has 1 fully saturated rings. The van der Waals surface area contributed by atoms with Gasteiger partial charge in [-0.3, -0.25) is 14.5 Å². The summed E-state index contributed by atoms with van der Waals surface area (Å²) in [5, 5.41) is 0. The Hall–Kier alpha value is -1.66. The number of carbonyl (C=O) groups excluding carboxylic acids is 2. The van der Waals surface area contributed by atoms with Crippen molar-refractivity contribution in [3.63, 3.8) is 0 Å². The normalized spacial score (nSPS) is 16.3. The van der Waals surface area contributed by atoms with Crippen LogP contribution in [0.4, 0.5) is 0 Å². The van der Waals surface area contributed by atoms with Crippen LogP contribution in [0.3, 0.4) is 0 Å². The number of thioether (sulfide) groups is 1. The van der Waals surface area contributed by atoms with Gasteiger partial charge in [-0.1, -0.05) is 55.2 Å². The Morgan fingerprint density at radius 2 is 2.04 bits per heavy atom. The fourth-order valence-corrected chi connectivity index (χ4v) is 3.49. The summed E-state index contributed by atoms with van der Waals surface area (Å²) in [5.74, 6) is -0.369. The average molecular weight is 349 g/mol. The fraction of sp³-hybridized carbons (Fsp3) is 0.353. The van der Waals surface area contributed by atoms with Crippen molar-refractivity contribution in [2.45, 2.75) is 26.2 Å². The van der Waals surface area contributed by atoms with E-state index in [1.165, 1.54) is 24.4 Å². The van der Waals surface area contributed by atoms with Crippen molar-refractivity contribution in [3.05, 3.63) is 40.3 Å². The number of benzene rings is 1. The molecule has 122 valence electrons. The minimum atomic E-state index is -0.276. The molecule has 23 heavy (non-hydrogen) atoms. The molecule has 0 saturated carbocycles. The molecular weight excluding hydrogens is 330 g/mol. The Morgan fingerprint density at radius 3 is 2.65 bits per heavy atom. The third-order valence-electron chi connectivity index (χ3n) is 3.55. The number of nitrogens with zero attached hydrogens (tertiary/aromatic N) is 1. The first kappa shape index (κ1) is 17.7. The SMILES string of the molecule is CCc1ccc(/C=C2\SC(=S)N(CCCC(=O)OC)C2=O)cc1. The molecule has 0 unspecified atom stereocenters. The Balaban J connectivity index is 2.01. The molecule has 0 aromatic heterocycles. The van der Waals surface area contributed by atoms with Crippen LogP contribution < -0.4 is 0 Å². The second kappa shape index (κ2) is 8.26. The van der Waals surface area contributed by atoms with Crippen LogP contribution in [0.2, 0.25) is 0 Å². The van der Waals surface area contributed by atoms with Crippen molar-refractivity contribution >= 4 is 46.3 Å². The van der Waals surface area contributed by atoms with Crippen molar-refractivity contribution in [2.75, 3.05) is 13.7 Å². The first-order valence-corrected chi connectivity index (χ1v) is 8.68. The van der Waals surface area contributed by atoms with Crippen LogP contribution in [0.5, 0.6) is 0 Å². The van der Waals surface area contributed by atoms with Crippen molar-refractivity contribution < 1.29 is 14.3 Å². The molecule has 0 atom stereocenters. The lowest BCUT2D eigenvalue weighted by atomic mass is 10.1. The molecule has 0 N–H and O–H groups in total. The zero-order valence-corrected chi connectivity index (χ0v) is 14.8. The summed E-state index contributed by atoms with van der Waals surface area (Å²) in [5.41, 5.74) is 2.25. The van der Waals surface area contributed by atoms with Crippen molar-refractivity contribution in [3.8, 4) is 0 Å². The predicted molar refractivity (Wildman–Crippen MR) is 96.9 cm³/mol. The molecule has 0 radical (unpaired) electrons. The molecule has 6 heteroatoms. The topological polar surface area (TPSA) is 46.6 Å². The van der Waals surface area contributed by atoms with E-state index in [9.17, 15) is 9.59 Å². The third kappa shape index (κ3) is 4.65. The lowest BCUT2D eigenvalue weighted by molar-refractivity contribution is -0.141. The first-order chi connectivity index (χ1) is 11.0. The molecule has 0 bridgehead atoms. The molecule has 1 aromatic carbocycles. The molecule has 1 aliphatic rings. The zero-order chi connectivity index (χ0) is 16.8. The minimum Gasteiger partial charge on any atom is -0.469 e. The van der Waals surface area contributed by atoms with Gasteiger partial charge < -0.3 is 4.74 Å². The van der Waals surface area contributed by atoms with Gasteiger partial charge in [-0.2, -0.15) is 0 Å². The maximum absolute atomic E-state index is 12.4. The lowest BCUT2D eigenvalue weighted by Gasteiger charge is -2.13. The van der Waals surface area contributed by atoms with Gasteiger partial charge in [-0.15, -0.1) is 0 Å². The van der Waals surface area contributed by atoms with Crippen LogP contribution in [0.15, 0.2) is 29.2 Å². The van der Waals surface area contributed by atoms with E-state index in [4.69, 9.17) is 12.2 Å². The maximum Gasteiger partial charge on any atom is 0.305 e. The Morgan fingerprint density at radius 1 is 1.35 bits per heavy atom. The van der Waals surface area contributed by atoms with E-state index in [0.29, 0.717) is 22.2 Å². The van der Waals surface area contributed by atoms with Gasteiger partial charge in [0.05, 0.1) is 12.0 Å². The summed E-state index contributed by atoms with van der Waals surface area (Å²) in [4.78, 5) is 25.7. The second-order valence-corrected chi connectivity index (χ2v) is 6.78. The van der Waals surface area contributed by atoms with Gasteiger partial charge in [-0.25, -0.2) is 0 Å². The number of carbonyl (C=O) groups is 2. The van der Waals surface area contributed by atoms with Crippen molar-refractivity contribution in [1.29, 1.82) is 0 Å². The quantitative estimate of drug-likeness (QED) is 0.447. The largest absolute Gasteiger partial charge is 0.469 e. The smallest absolute Gasteiger partial charge is 0.305 e. The number of esters is 1. The monoisotopic (exact) mass is 349 g/mol. The van der Waals surface area contributed by atoms with E-state index in [1.54, 1.807) is 4.90 Å². The number of hydrogen-bond donors (Lipinski definition) is 0. The van der Waals surface area contributed by atoms with E-state index in [-0.39, 0.29) is 18.3 Å². The third-order valence-corrected chi connectivity index (χ3v) is 4.93. The van der Waals surface area contributed by atoms with Crippen LogP contribution in [-0.4, -0.2) is 34.8 Å². The molecule has 1 heterocycles. The van der Waals surface area contributed by atoms with Crippen LogP contribution >= 0.6 is 24.0 Å². The number of hydrogen-bond acceptors (Lipinski definition) is 5. The molecule has 1 saturated heterocycles. The van der Waals surface area contributed by atoms with Crippen molar-refractivity contribution in [2.24, 2.45) is 0 Å². The fourth-order valence-electron chi connectivity index (χ4n) is 2.18. The number of thiocarbonyl (C=S) groups is 1. The molecule has 4 nitrogen and oxygen atoms in total. The number of ether oxygens (including phenoxy) is 1. The van der Waals surface area contributed by atoms with E-state index < -0.39 is 0 Å². The summed E-state index contributed by atoms with van der Waals surface area (Å²) in [7, 11) is 1.36. The van der Waals surface area contributed by atoms with Crippen LogP contribution in [0.25, 0.3) is 6.08 Å². The zero-order valence-electron chi connectivity index (χ0n) is 13.2. The lowest BCUT2D eigenvalue weighted by Crippen LogP contribution is -2.29. The number of methoxy groups -OCH3 is 1. The van der Waals surface area contributed by atoms with Crippen LogP contribution in [-0.2, 0) is 20.7 Å². The predicted octanol–water partition coefficient (Wildman–Crippen LogP) is 3.40. The van der Waals surface area contributed by atoms with E-state index in [1.807, 2.05) is 18.2 Å². The second-order valence-electron chi connectivity index (χ2n) is 5.11. The van der Waals surface area contributed by atoms with Gasteiger partial charge in [-0.05, 0) is 30.0 Å². The van der Waals surface area contributed by atoms with Gasteiger partial charge in [0.15, 0.2) is 0 Å². The van der Waals surface area contributed by atoms with Crippen LogP contribution in [0.1, 0.15) is 30.9 Å². The number of aryl methyl sites for hydroxylation is 1. The van der Waals surface area contributed by atoms with Crippen molar-refractivity contribution in [1.82, 2.24) is 4.90 Å². The molecule has 0 aliphatic carbocycles. The molecule has 1 aromatic rings. The van der Waals surface area contributed by atoms with Crippen LogP contribution in [0, 0.1) is 0 Å².